The fraction of sp³-hybridized carbons (Fsp3) is 0.583. The van der Waals surface area contributed by atoms with Gasteiger partial charge in [0, 0.05) is 18.4 Å². The van der Waals surface area contributed by atoms with Crippen molar-refractivity contribution in [3.8, 4) is 0 Å². The molecule has 1 aliphatic heterocycles. The minimum absolute atomic E-state index is 0.0377. The average Bonchev–Trinajstić information content (AvgIpc) is 2.59. The lowest BCUT2D eigenvalue weighted by atomic mass is 9.96. The SMILES string of the molecule is NC(Cc1ccncc1)CC1CCS(=O)(=O)C1. The summed E-state index contributed by atoms with van der Waals surface area (Å²) in [6.45, 7) is 0. The molecule has 0 bridgehead atoms. The Labute approximate surface area is 102 Å². The van der Waals surface area contributed by atoms with E-state index in [-0.39, 0.29) is 12.0 Å². The number of aromatic nitrogens is 1. The molecule has 5 heteroatoms. The van der Waals surface area contributed by atoms with Gasteiger partial charge in [-0.1, -0.05) is 0 Å². The van der Waals surface area contributed by atoms with Gasteiger partial charge in [-0.25, -0.2) is 8.42 Å². The van der Waals surface area contributed by atoms with Crippen LogP contribution in [0.25, 0.3) is 0 Å². The van der Waals surface area contributed by atoms with Crippen LogP contribution in [0.1, 0.15) is 18.4 Å². The highest BCUT2D eigenvalue weighted by molar-refractivity contribution is 7.91. The Morgan fingerprint density at radius 1 is 1.41 bits per heavy atom. The zero-order valence-corrected chi connectivity index (χ0v) is 10.6. The summed E-state index contributed by atoms with van der Waals surface area (Å²) < 4.78 is 22.7. The molecule has 0 radical (unpaired) electrons. The van der Waals surface area contributed by atoms with E-state index in [0.717, 1.165) is 24.8 Å². The molecule has 0 spiro atoms. The molecule has 0 aromatic carbocycles. The Morgan fingerprint density at radius 2 is 2.12 bits per heavy atom. The quantitative estimate of drug-likeness (QED) is 0.861. The van der Waals surface area contributed by atoms with Crippen molar-refractivity contribution in [2.45, 2.75) is 25.3 Å². The van der Waals surface area contributed by atoms with Crippen molar-refractivity contribution in [2.24, 2.45) is 11.7 Å². The number of hydrogen-bond donors (Lipinski definition) is 1. The minimum Gasteiger partial charge on any atom is -0.327 e. The van der Waals surface area contributed by atoms with Crippen molar-refractivity contribution in [1.82, 2.24) is 4.98 Å². The molecule has 2 rings (SSSR count). The topological polar surface area (TPSA) is 73.0 Å². The summed E-state index contributed by atoms with van der Waals surface area (Å²) in [5.41, 5.74) is 7.22. The third-order valence-corrected chi connectivity index (χ3v) is 5.05. The molecular weight excluding hydrogens is 236 g/mol. The van der Waals surface area contributed by atoms with E-state index in [9.17, 15) is 8.42 Å². The van der Waals surface area contributed by atoms with E-state index in [1.165, 1.54) is 0 Å². The van der Waals surface area contributed by atoms with Gasteiger partial charge in [0.05, 0.1) is 11.5 Å². The molecule has 1 saturated heterocycles. The maximum Gasteiger partial charge on any atom is 0.150 e. The van der Waals surface area contributed by atoms with Gasteiger partial charge in [-0.2, -0.15) is 0 Å². The molecule has 94 valence electrons. The van der Waals surface area contributed by atoms with E-state index in [0.29, 0.717) is 11.5 Å². The van der Waals surface area contributed by atoms with Crippen molar-refractivity contribution in [1.29, 1.82) is 0 Å². The molecule has 1 aromatic heterocycles. The molecule has 2 atom stereocenters. The first-order chi connectivity index (χ1) is 8.05. The number of sulfone groups is 1. The molecule has 1 fully saturated rings. The Bertz CT molecular complexity index is 459. The van der Waals surface area contributed by atoms with Crippen LogP contribution in [0.4, 0.5) is 0 Å². The van der Waals surface area contributed by atoms with Gasteiger partial charge in [0.2, 0.25) is 0 Å². The third-order valence-electron chi connectivity index (χ3n) is 3.21. The van der Waals surface area contributed by atoms with E-state index in [1.54, 1.807) is 12.4 Å². The highest BCUT2D eigenvalue weighted by atomic mass is 32.2. The van der Waals surface area contributed by atoms with Crippen molar-refractivity contribution < 1.29 is 8.42 Å². The Kier molecular flexibility index (Phi) is 3.79. The van der Waals surface area contributed by atoms with Gasteiger partial charge in [0.25, 0.3) is 0 Å². The largest absolute Gasteiger partial charge is 0.327 e. The molecule has 2 N–H and O–H groups in total. The van der Waals surface area contributed by atoms with Gasteiger partial charge in [0.15, 0.2) is 9.84 Å². The molecule has 17 heavy (non-hydrogen) atoms. The van der Waals surface area contributed by atoms with Crippen LogP contribution in [0.5, 0.6) is 0 Å². The summed E-state index contributed by atoms with van der Waals surface area (Å²) in [5.74, 6) is 0.897. The van der Waals surface area contributed by atoms with Gasteiger partial charge in [-0.05, 0) is 42.9 Å². The van der Waals surface area contributed by atoms with Crippen molar-refractivity contribution in [2.75, 3.05) is 11.5 Å². The number of hydrogen-bond acceptors (Lipinski definition) is 4. The average molecular weight is 254 g/mol. The molecule has 1 aromatic rings. The summed E-state index contributed by atoms with van der Waals surface area (Å²) in [6.07, 6.45) is 5.86. The van der Waals surface area contributed by atoms with E-state index in [4.69, 9.17) is 5.73 Å². The Balaban J connectivity index is 1.84. The highest BCUT2D eigenvalue weighted by Crippen LogP contribution is 2.23. The molecule has 0 aliphatic carbocycles. The number of rotatable bonds is 4. The number of nitrogens with two attached hydrogens (primary N) is 1. The first kappa shape index (κ1) is 12.5. The van der Waals surface area contributed by atoms with E-state index in [2.05, 4.69) is 4.98 Å². The molecule has 1 aliphatic rings. The molecule has 2 unspecified atom stereocenters. The van der Waals surface area contributed by atoms with Crippen LogP contribution < -0.4 is 5.73 Å². The normalized spacial score (nSPS) is 24.6. The van der Waals surface area contributed by atoms with Crippen LogP contribution in [0.15, 0.2) is 24.5 Å². The second-order valence-corrected chi connectivity index (χ2v) is 7.05. The maximum absolute atomic E-state index is 11.3. The predicted molar refractivity (Wildman–Crippen MR) is 67.3 cm³/mol. The fourth-order valence-corrected chi connectivity index (χ4v) is 4.27. The van der Waals surface area contributed by atoms with Gasteiger partial charge < -0.3 is 5.73 Å². The summed E-state index contributed by atoms with van der Waals surface area (Å²) >= 11 is 0. The number of pyridine rings is 1. The summed E-state index contributed by atoms with van der Waals surface area (Å²) in [5, 5.41) is 0. The number of nitrogens with zero attached hydrogens (tertiary/aromatic N) is 1. The summed E-state index contributed by atoms with van der Waals surface area (Å²) in [7, 11) is -2.78. The van der Waals surface area contributed by atoms with E-state index < -0.39 is 9.84 Å². The minimum atomic E-state index is -2.78. The van der Waals surface area contributed by atoms with Crippen LogP contribution in [0, 0.1) is 5.92 Å². The lowest BCUT2D eigenvalue weighted by Crippen LogP contribution is -2.26. The Hall–Kier alpha value is -0.940. The lowest BCUT2D eigenvalue weighted by molar-refractivity contribution is 0.468. The van der Waals surface area contributed by atoms with Crippen LogP contribution >= 0.6 is 0 Å². The smallest absolute Gasteiger partial charge is 0.150 e. The first-order valence-corrected chi connectivity index (χ1v) is 7.72. The van der Waals surface area contributed by atoms with Crippen molar-refractivity contribution in [3.05, 3.63) is 30.1 Å². The van der Waals surface area contributed by atoms with E-state index >= 15 is 0 Å². The Morgan fingerprint density at radius 3 is 2.71 bits per heavy atom. The highest BCUT2D eigenvalue weighted by Gasteiger charge is 2.28. The van der Waals surface area contributed by atoms with Crippen LogP contribution in [0.3, 0.4) is 0 Å². The zero-order valence-electron chi connectivity index (χ0n) is 9.75. The van der Waals surface area contributed by atoms with Gasteiger partial charge in [-0.15, -0.1) is 0 Å². The standard InChI is InChI=1S/C12H18N2O2S/c13-12(7-10-1-4-14-5-2-10)8-11-3-6-17(15,16)9-11/h1-2,4-5,11-12H,3,6-9,13H2. The van der Waals surface area contributed by atoms with Gasteiger partial charge in [-0.3, -0.25) is 4.98 Å². The third kappa shape index (κ3) is 3.78. The maximum atomic E-state index is 11.3. The summed E-state index contributed by atoms with van der Waals surface area (Å²) in [4.78, 5) is 3.95. The van der Waals surface area contributed by atoms with Gasteiger partial charge in [0.1, 0.15) is 0 Å². The summed E-state index contributed by atoms with van der Waals surface area (Å²) in [6, 6.07) is 3.94. The first-order valence-electron chi connectivity index (χ1n) is 5.90. The van der Waals surface area contributed by atoms with Crippen LogP contribution in [0.2, 0.25) is 0 Å². The monoisotopic (exact) mass is 254 g/mol. The predicted octanol–water partition coefficient (Wildman–Crippen LogP) is 0.776. The molecule has 4 nitrogen and oxygen atoms in total. The zero-order chi connectivity index (χ0) is 12.3. The second-order valence-electron chi connectivity index (χ2n) is 4.82. The molecule has 2 heterocycles. The molecular formula is C12H18N2O2S. The van der Waals surface area contributed by atoms with Gasteiger partial charge >= 0.3 is 0 Å². The second kappa shape index (κ2) is 5.14. The molecule has 0 amide bonds. The lowest BCUT2D eigenvalue weighted by Gasteiger charge is -2.15. The fourth-order valence-electron chi connectivity index (χ4n) is 2.39. The van der Waals surface area contributed by atoms with E-state index in [1.807, 2.05) is 12.1 Å². The van der Waals surface area contributed by atoms with Crippen LogP contribution in [-0.2, 0) is 16.3 Å². The molecule has 0 saturated carbocycles. The van der Waals surface area contributed by atoms with Crippen molar-refractivity contribution >= 4 is 9.84 Å². The van der Waals surface area contributed by atoms with Crippen molar-refractivity contribution in [3.63, 3.8) is 0 Å². The van der Waals surface area contributed by atoms with Crippen LogP contribution in [-0.4, -0.2) is 30.9 Å².